The topological polar surface area (TPSA) is 64.6 Å². The Kier molecular flexibility index (Phi) is 5.75. The molecule has 0 heterocycles. The number of methoxy groups -OCH3 is 2. The summed E-state index contributed by atoms with van der Waals surface area (Å²) >= 11 is 0. The second-order valence-electron chi connectivity index (χ2n) is 6.19. The van der Waals surface area contributed by atoms with E-state index < -0.39 is 16.1 Å². The van der Waals surface area contributed by atoms with Crippen molar-refractivity contribution in [3.8, 4) is 11.5 Å². The van der Waals surface area contributed by atoms with Gasteiger partial charge in [0, 0.05) is 6.04 Å². The van der Waals surface area contributed by atoms with E-state index in [1.807, 2.05) is 39.0 Å². The molecule has 5 nitrogen and oxygen atoms in total. The Balaban J connectivity index is 2.35. The van der Waals surface area contributed by atoms with Gasteiger partial charge in [-0.1, -0.05) is 23.8 Å². The van der Waals surface area contributed by atoms with Crippen LogP contribution in [0.25, 0.3) is 0 Å². The van der Waals surface area contributed by atoms with Gasteiger partial charge in [-0.3, -0.25) is 0 Å². The van der Waals surface area contributed by atoms with Crippen LogP contribution in [0.2, 0.25) is 0 Å². The number of sulfonamides is 1. The molecule has 25 heavy (non-hydrogen) atoms. The van der Waals surface area contributed by atoms with E-state index >= 15 is 0 Å². The average molecular weight is 363 g/mol. The van der Waals surface area contributed by atoms with Crippen LogP contribution in [0.4, 0.5) is 0 Å². The lowest BCUT2D eigenvalue weighted by atomic mass is 10.1. The molecule has 0 aliphatic carbocycles. The van der Waals surface area contributed by atoms with E-state index in [9.17, 15) is 8.42 Å². The Morgan fingerprint density at radius 3 is 2.00 bits per heavy atom. The molecule has 2 rings (SSSR count). The van der Waals surface area contributed by atoms with Gasteiger partial charge in [-0.05, 0) is 56.5 Å². The van der Waals surface area contributed by atoms with Gasteiger partial charge < -0.3 is 9.47 Å². The van der Waals surface area contributed by atoms with Crippen molar-refractivity contribution in [3.63, 3.8) is 0 Å². The van der Waals surface area contributed by atoms with Crippen LogP contribution < -0.4 is 14.2 Å². The maximum atomic E-state index is 12.9. The Morgan fingerprint density at radius 2 is 1.48 bits per heavy atom. The van der Waals surface area contributed by atoms with Gasteiger partial charge in [0.05, 0.1) is 19.1 Å². The summed E-state index contributed by atoms with van der Waals surface area (Å²) in [4.78, 5) is 0.338. The van der Waals surface area contributed by atoms with E-state index in [2.05, 4.69) is 4.72 Å². The Hall–Kier alpha value is -2.05. The fourth-order valence-electron chi connectivity index (χ4n) is 3.07. The van der Waals surface area contributed by atoms with Gasteiger partial charge >= 0.3 is 0 Å². The van der Waals surface area contributed by atoms with E-state index in [0.717, 1.165) is 22.3 Å². The van der Waals surface area contributed by atoms with Crippen LogP contribution in [-0.4, -0.2) is 22.6 Å². The quantitative estimate of drug-likeness (QED) is 0.850. The first-order valence-electron chi connectivity index (χ1n) is 8.01. The third-order valence-electron chi connectivity index (χ3n) is 4.11. The highest BCUT2D eigenvalue weighted by Gasteiger charge is 2.23. The van der Waals surface area contributed by atoms with Gasteiger partial charge in [-0.15, -0.1) is 0 Å². The summed E-state index contributed by atoms with van der Waals surface area (Å²) in [5.41, 5.74) is 3.32. The molecule has 1 unspecified atom stereocenters. The smallest absolute Gasteiger partial charge is 0.241 e. The van der Waals surface area contributed by atoms with Crippen LogP contribution >= 0.6 is 0 Å². The summed E-state index contributed by atoms with van der Waals surface area (Å²) in [6.07, 6.45) is 0. The molecular formula is C19H25NO4S. The van der Waals surface area contributed by atoms with Crippen LogP contribution in [0, 0.1) is 20.8 Å². The van der Waals surface area contributed by atoms with Crippen molar-refractivity contribution in [2.45, 2.75) is 38.6 Å². The molecule has 0 radical (unpaired) electrons. The monoisotopic (exact) mass is 363 g/mol. The first-order chi connectivity index (χ1) is 11.7. The number of ether oxygens (including phenoxy) is 2. The van der Waals surface area contributed by atoms with Crippen LogP contribution in [0.5, 0.6) is 11.5 Å². The van der Waals surface area contributed by atoms with Crippen molar-refractivity contribution < 1.29 is 17.9 Å². The second-order valence-corrected chi connectivity index (χ2v) is 7.84. The maximum Gasteiger partial charge on any atom is 0.241 e. The van der Waals surface area contributed by atoms with Crippen LogP contribution in [0.3, 0.4) is 0 Å². The normalized spacial score (nSPS) is 12.7. The molecule has 0 spiro atoms. The highest BCUT2D eigenvalue weighted by Crippen LogP contribution is 2.31. The van der Waals surface area contributed by atoms with Gasteiger partial charge in [-0.2, -0.15) is 0 Å². The molecule has 0 fully saturated rings. The summed E-state index contributed by atoms with van der Waals surface area (Å²) in [5, 5.41) is 0. The zero-order valence-electron chi connectivity index (χ0n) is 15.5. The molecule has 2 aromatic carbocycles. The summed E-state index contributed by atoms with van der Waals surface area (Å²) in [6.45, 7) is 7.39. The van der Waals surface area contributed by atoms with Gasteiger partial charge in [0.15, 0.2) is 11.5 Å². The van der Waals surface area contributed by atoms with Crippen molar-refractivity contribution in [3.05, 3.63) is 52.6 Å². The minimum atomic E-state index is -3.64. The fraction of sp³-hybridized carbons (Fsp3) is 0.368. The third kappa shape index (κ3) is 4.14. The number of benzene rings is 2. The molecule has 0 bridgehead atoms. The molecule has 0 saturated heterocycles. The molecule has 0 aliphatic rings. The molecule has 0 aliphatic heterocycles. The highest BCUT2D eigenvalue weighted by atomic mass is 32.2. The molecule has 0 saturated carbocycles. The molecule has 6 heteroatoms. The number of rotatable bonds is 6. The minimum Gasteiger partial charge on any atom is -0.493 e. The predicted molar refractivity (Wildman–Crippen MR) is 98.9 cm³/mol. The SMILES string of the molecule is COc1ccc(C(C)NS(=O)(=O)c2c(C)cc(C)cc2C)cc1OC. The van der Waals surface area contributed by atoms with Gasteiger partial charge in [0.1, 0.15) is 0 Å². The van der Waals surface area contributed by atoms with Crippen LogP contribution in [0.15, 0.2) is 35.2 Å². The Labute approximate surface area is 150 Å². The van der Waals surface area contributed by atoms with E-state index in [-0.39, 0.29) is 0 Å². The summed E-state index contributed by atoms with van der Waals surface area (Å²) in [6, 6.07) is 8.71. The van der Waals surface area contributed by atoms with Crippen LogP contribution in [0.1, 0.15) is 35.2 Å². The third-order valence-corrected chi connectivity index (χ3v) is 5.96. The van der Waals surface area contributed by atoms with Crippen LogP contribution in [-0.2, 0) is 10.0 Å². The highest BCUT2D eigenvalue weighted by molar-refractivity contribution is 7.89. The molecule has 0 aromatic heterocycles. The van der Waals surface area contributed by atoms with E-state index in [4.69, 9.17) is 9.47 Å². The van der Waals surface area contributed by atoms with Gasteiger partial charge in [-0.25, -0.2) is 13.1 Å². The fourth-order valence-corrected chi connectivity index (χ4v) is 4.76. The molecule has 136 valence electrons. The average Bonchev–Trinajstić information content (AvgIpc) is 2.52. The molecule has 2 aromatic rings. The van der Waals surface area contributed by atoms with E-state index in [1.54, 1.807) is 33.3 Å². The van der Waals surface area contributed by atoms with Gasteiger partial charge in [0.2, 0.25) is 10.0 Å². The molecule has 1 N–H and O–H groups in total. The number of aryl methyl sites for hydroxylation is 3. The zero-order chi connectivity index (χ0) is 18.8. The number of hydrogen-bond acceptors (Lipinski definition) is 4. The Morgan fingerprint density at radius 1 is 0.920 bits per heavy atom. The van der Waals surface area contributed by atoms with Crippen molar-refractivity contribution in [1.82, 2.24) is 4.72 Å². The number of hydrogen-bond donors (Lipinski definition) is 1. The van der Waals surface area contributed by atoms with E-state index in [0.29, 0.717) is 16.4 Å². The summed E-state index contributed by atoms with van der Waals surface area (Å²) in [5.74, 6) is 1.17. The standard InChI is InChI=1S/C19H25NO4S/c1-12-9-13(2)19(14(3)10-12)25(21,22)20-15(4)16-7-8-17(23-5)18(11-16)24-6/h7-11,15,20H,1-6H3. The van der Waals surface area contributed by atoms with Crippen molar-refractivity contribution >= 4 is 10.0 Å². The lowest BCUT2D eigenvalue weighted by Crippen LogP contribution is -2.28. The first kappa shape index (κ1) is 19.3. The largest absolute Gasteiger partial charge is 0.493 e. The van der Waals surface area contributed by atoms with Gasteiger partial charge in [0.25, 0.3) is 0 Å². The lowest BCUT2D eigenvalue weighted by molar-refractivity contribution is 0.354. The summed E-state index contributed by atoms with van der Waals surface area (Å²) in [7, 11) is -0.530. The maximum absolute atomic E-state index is 12.9. The van der Waals surface area contributed by atoms with E-state index in [1.165, 1.54) is 0 Å². The van der Waals surface area contributed by atoms with Crippen molar-refractivity contribution in [2.24, 2.45) is 0 Å². The Bertz CT molecular complexity index is 852. The predicted octanol–water partition coefficient (Wildman–Crippen LogP) is 3.67. The molecule has 0 amide bonds. The lowest BCUT2D eigenvalue weighted by Gasteiger charge is -2.19. The summed E-state index contributed by atoms with van der Waals surface area (Å²) < 4.78 is 39.0. The zero-order valence-corrected chi connectivity index (χ0v) is 16.3. The van der Waals surface area contributed by atoms with Crippen molar-refractivity contribution in [1.29, 1.82) is 0 Å². The minimum absolute atomic E-state index is 0.338. The van der Waals surface area contributed by atoms with Crippen molar-refractivity contribution in [2.75, 3.05) is 14.2 Å². The molecule has 1 atom stereocenters. The number of nitrogens with one attached hydrogen (secondary N) is 1. The first-order valence-corrected chi connectivity index (χ1v) is 9.50. The second kappa shape index (κ2) is 7.45. The molecular weight excluding hydrogens is 338 g/mol.